The predicted octanol–water partition coefficient (Wildman–Crippen LogP) is 2.52. The van der Waals surface area contributed by atoms with Crippen molar-refractivity contribution >= 4 is 34.0 Å². The Morgan fingerprint density at radius 3 is 2.33 bits per heavy atom. The molecule has 0 saturated heterocycles. The minimum Gasteiger partial charge on any atom is -0.497 e. The molecule has 0 radical (unpaired) electrons. The summed E-state index contributed by atoms with van der Waals surface area (Å²) in [5, 5.41) is 4.85. The van der Waals surface area contributed by atoms with Crippen molar-refractivity contribution in [1.82, 2.24) is 9.88 Å². The molecule has 0 fully saturated rings. The maximum atomic E-state index is 12.4. The Hall–Kier alpha value is -3.03. The Bertz CT molecular complexity index is 963. The number of carbonyl (C=O) groups is 2. The number of ether oxygens (including phenoxy) is 1. The summed E-state index contributed by atoms with van der Waals surface area (Å²) < 4.78 is 5.16. The number of hydrogen-bond donors (Lipinski definition) is 1. The molecule has 27 heavy (non-hydrogen) atoms. The van der Waals surface area contributed by atoms with Gasteiger partial charge in [-0.05, 0) is 24.3 Å². The summed E-state index contributed by atoms with van der Waals surface area (Å²) in [5.41, 5.74) is 2.87. The van der Waals surface area contributed by atoms with Crippen LogP contribution in [-0.4, -0.2) is 35.4 Å². The van der Waals surface area contributed by atoms with E-state index in [0.29, 0.717) is 24.1 Å². The van der Waals surface area contributed by atoms with Gasteiger partial charge in [-0.15, -0.1) is 0 Å². The first-order valence-corrected chi connectivity index (χ1v) is 9.42. The van der Waals surface area contributed by atoms with Gasteiger partial charge in [-0.1, -0.05) is 23.5 Å². The number of quaternary nitrogens is 1. The Balaban J connectivity index is 1.39. The number of aromatic nitrogens is 1. The lowest BCUT2D eigenvalue weighted by Crippen LogP contribution is -2.70. The first-order chi connectivity index (χ1) is 13.2. The highest BCUT2D eigenvalue weighted by Gasteiger charge is 2.34. The average Bonchev–Trinajstić information content (AvgIpc) is 3.24. The lowest BCUT2D eigenvalue weighted by Gasteiger charge is -2.12. The number of rotatable bonds is 6. The van der Waals surface area contributed by atoms with E-state index < -0.39 is 0 Å². The number of benzene rings is 2. The molecule has 2 heterocycles. The second kappa shape index (κ2) is 7.30. The molecule has 1 aromatic heterocycles. The molecule has 0 aliphatic carbocycles. The highest BCUT2D eigenvalue weighted by atomic mass is 32.1. The topological polar surface area (TPSA) is 76.1 Å². The van der Waals surface area contributed by atoms with E-state index in [4.69, 9.17) is 4.74 Å². The van der Waals surface area contributed by atoms with Crippen molar-refractivity contribution in [3.63, 3.8) is 0 Å². The van der Waals surface area contributed by atoms with Crippen LogP contribution in [0.25, 0.3) is 0 Å². The van der Waals surface area contributed by atoms with Gasteiger partial charge in [-0.3, -0.25) is 19.8 Å². The number of hydrogen-bond acceptors (Lipinski definition) is 5. The fraction of sp³-hybridized carbons (Fsp3) is 0.150. The highest BCUT2D eigenvalue weighted by molar-refractivity contribution is 7.12. The average molecular weight is 380 g/mol. The van der Waals surface area contributed by atoms with Gasteiger partial charge in [0.15, 0.2) is 0 Å². The van der Waals surface area contributed by atoms with Crippen LogP contribution in [0.15, 0.2) is 53.9 Å². The van der Waals surface area contributed by atoms with Gasteiger partial charge in [-0.25, -0.2) is 0 Å². The summed E-state index contributed by atoms with van der Waals surface area (Å²) >= 11 is 1.54. The molecule has 0 unspecified atom stereocenters. The predicted molar refractivity (Wildman–Crippen MR) is 102 cm³/mol. The molecule has 0 spiro atoms. The van der Waals surface area contributed by atoms with E-state index >= 15 is 0 Å². The molecule has 3 aromatic rings. The Morgan fingerprint density at radius 1 is 1.04 bits per heavy atom. The fourth-order valence-electron chi connectivity index (χ4n) is 3.02. The lowest BCUT2D eigenvalue weighted by atomic mass is 10.1. The summed E-state index contributed by atoms with van der Waals surface area (Å²) in [5.74, 6) is 0.361. The molecule has 136 valence electrons. The van der Waals surface area contributed by atoms with Gasteiger partial charge in [0.2, 0.25) is 0 Å². The molecule has 1 aliphatic rings. The smallest absolute Gasteiger partial charge is 0.288 e. The van der Waals surface area contributed by atoms with Crippen molar-refractivity contribution in [2.45, 2.75) is 6.42 Å². The Labute approximate surface area is 160 Å². The normalized spacial score (nSPS) is 13.1. The van der Waals surface area contributed by atoms with E-state index in [0.717, 1.165) is 22.3 Å². The summed E-state index contributed by atoms with van der Waals surface area (Å²) in [6.07, 6.45) is 0.540. The first-order valence-electron chi connectivity index (χ1n) is 8.54. The van der Waals surface area contributed by atoms with E-state index in [9.17, 15) is 9.59 Å². The quantitative estimate of drug-likeness (QED) is 0.527. The minimum absolute atomic E-state index is 0.226. The molecule has 2 amide bonds. The first kappa shape index (κ1) is 17.4. The molecule has 0 bridgehead atoms. The summed E-state index contributed by atoms with van der Waals surface area (Å²) in [4.78, 5) is 30.7. The monoisotopic (exact) mass is 380 g/mol. The van der Waals surface area contributed by atoms with Gasteiger partial charge in [-0.2, -0.15) is 4.98 Å². The number of nitrogens with zero attached hydrogens (tertiary/aromatic N) is 2. The molecule has 6 nitrogen and oxygen atoms in total. The number of amides is 2. The van der Waals surface area contributed by atoms with Crippen molar-refractivity contribution in [2.75, 3.05) is 13.7 Å². The minimum atomic E-state index is -0.226. The fourth-order valence-corrected chi connectivity index (χ4v) is 3.82. The van der Waals surface area contributed by atoms with Crippen LogP contribution in [0, 0.1) is 0 Å². The van der Waals surface area contributed by atoms with Crippen LogP contribution in [0.5, 0.6) is 5.75 Å². The number of fused-ring (bicyclic) bond motifs is 1. The zero-order chi connectivity index (χ0) is 18.8. The number of nitrogens with two attached hydrogens (primary N) is 1. The Kier molecular flexibility index (Phi) is 4.70. The van der Waals surface area contributed by atoms with E-state index in [1.807, 2.05) is 35.0 Å². The van der Waals surface area contributed by atoms with Gasteiger partial charge < -0.3 is 4.74 Å². The van der Waals surface area contributed by atoms with Crippen LogP contribution in [0.1, 0.15) is 26.4 Å². The number of thiazole rings is 1. The summed E-state index contributed by atoms with van der Waals surface area (Å²) in [7, 11) is 1.64. The van der Waals surface area contributed by atoms with Crippen LogP contribution in [0.2, 0.25) is 0 Å². The van der Waals surface area contributed by atoms with Gasteiger partial charge in [0, 0.05) is 30.5 Å². The van der Waals surface area contributed by atoms with Gasteiger partial charge in [0.05, 0.1) is 23.9 Å². The molecule has 0 saturated carbocycles. The zero-order valence-corrected chi connectivity index (χ0v) is 15.5. The van der Waals surface area contributed by atoms with Crippen molar-refractivity contribution in [3.8, 4) is 5.75 Å². The Morgan fingerprint density at radius 2 is 1.70 bits per heavy atom. The third-order valence-electron chi connectivity index (χ3n) is 4.45. The van der Waals surface area contributed by atoms with Crippen LogP contribution < -0.4 is 10.1 Å². The molecule has 0 atom stereocenters. The second-order valence-corrected chi connectivity index (χ2v) is 7.04. The highest BCUT2D eigenvalue weighted by Crippen LogP contribution is 2.23. The summed E-state index contributed by atoms with van der Waals surface area (Å²) in [6, 6.07) is 14.7. The van der Waals surface area contributed by atoms with E-state index in [-0.39, 0.29) is 11.8 Å². The van der Waals surface area contributed by atoms with E-state index in [2.05, 4.69) is 4.98 Å². The third-order valence-corrected chi connectivity index (χ3v) is 5.29. The maximum absolute atomic E-state index is 12.4. The molecule has 2 N–H and O–H groups in total. The van der Waals surface area contributed by atoms with Crippen molar-refractivity contribution in [1.29, 1.82) is 0 Å². The maximum Gasteiger partial charge on any atom is 0.288 e. The number of imide groups is 1. The molecule has 7 heteroatoms. The van der Waals surface area contributed by atoms with Gasteiger partial charge >= 0.3 is 0 Å². The van der Waals surface area contributed by atoms with Crippen LogP contribution in [0.4, 0.5) is 10.8 Å². The van der Waals surface area contributed by atoms with Crippen LogP contribution >= 0.6 is 11.3 Å². The molecule has 2 aromatic carbocycles. The number of carbonyl (C=O) groups excluding carboxylic acids is 2. The number of methoxy groups -OCH3 is 1. The van der Waals surface area contributed by atoms with Crippen molar-refractivity contribution in [3.05, 3.63) is 70.7 Å². The molecular weight excluding hydrogens is 362 g/mol. The second-order valence-electron chi connectivity index (χ2n) is 6.15. The standard InChI is InChI=1S/C20H17N3O3S/c1-26-15-8-6-13(7-9-15)21-20-22-14(12-27-20)10-11-23-18(24)16-4-2-3-5-17(16)19(23)25/h2-9,12H,10-11H2,1H3,(H,21,22)/p+1. The van der Waals surface area contributed by atoms with Gasteiger partial charge in [0.25, 0.3) is 16.9 Å². The van der Waals surface area contributed by atoms with E-state index in [1.54, 1.807) is 31.4 Å². The van der Waals surface area contributed by atoms with Gasteiger partial charge in [0.1, 0.15) is 11.4 Å². The SMILES string of the molecule is COc1ccc([NH2+]c2nc(CCN3C(=O)c4ccccc4C3=O)cs2)cc1. The largest absolute Gasteiger partial charge is 0.497 e. The third kappa shape index (κ3) is 3.47. The van der Waals surface area contributed by atoms with Crippen LogP contribution in [-0.2, 0) is 6.42 Å². The van der Waals surface area contributed by atoms with Crippen molar-refractivity contribution < 1.29 is 19.6 Å². The lowest BCUT2D eigenvalue weighted by molar-refractivity contribution is -0.478. The van der Waals surface area contributed by atoms with Crippen LogP contribution in [0.3, 0.4) is 0 Å². The van der Waals surface area contributed by atoms with E-state index in [1.165, 1.54) is 16.2 Å². The molecular formula is C20H18N3O3S+. The zero-order valence-electron chi connectivity index (χ0n) is 14.7. The van der Waals surface area contributed by atoms with Crippen molar-refractivity contribution in [2.24, 2.45) is 0 Å². The molecule has 1 aliphatic heterocycles. The summed E-state index contributed by atoms with van der Waals surface area (Å²) in [6.45, 7) is 0.331. The molecule has 4 rings (SSSR count).